The molecule has 1 atom stereocenters. The SMILES string of the molecule is O=S1(=O)CCCC(NCc2ccccc2Cl)C1. The van der Waals surface area contributed by atoms with Crippen LogP contribution in [0.5, 0.6) is 0 Å². The third-order valence-electron chi connectivity index (χ3n) is 3.00. The first-order chi connectivity index (χ1) is 8.07. The lowest BCUT2D eigenvalue weighted by Crippen LogP contribution is -2.39. The van der Waals surface area contributed by atoms with Gasteiger partial charge in [-0.3, -0.25) is 0 Å². The molecule has 0 spiro atoms. The van der Waals surface area contributed by atoms with Crippen molar-refractivity contribution in [3.05, 3.63) is 34.9 Å². The molecular formula is C12H16ClNO2S. The van der Waals surface area contributed by atoms with Crippen LogP contribution in [-0.2, 0) is 16.4 Å². The summed E-state index contributed by atoms with van der Waals surface area (Å²) in [6, 6.07) is 7.67. The van der Waals surface area contributed by atoms with Crippen molar-refractivity contribution in [2.24, 2.45) is 0 Å². The molecule has 0 aromatic heterocycles. The molecule has 1 N–H and O–H groups in total. The van der Waals surface area contributed by atoms with E-state index in [0.29, 0.717) is 12.3 Å². The van der Waals surface area contributed by atoms with Gasteiger partial charge in [0, 0.05) is 17.6 Å². The molecule has 0 aliphatic carbocycles. The summed E-state index contributed by atoms with van der Waals surface area (Å²) in [4.78, 5) is 0. The van der Waals surface area contributed by atoms with Crippen LogP contribution in [0, 0.1) is 0 Å². The highest BCUT2D eigenvalue weighted by atomic mass is 35.5. The number of nitrogens with one attached hydrogen (secondary N) is 1. The summed E-state index contributed by atoms with van der Waals surface area (Å²) in [5, 5.41) is 3.99. The molecule has 1 aromatic rings. The van der Waals surface area contributed by atoms with Crippen molar-refractivity contribution in [1.82, 2.24) is 5.32 Å². The van der Waals surface area contributed by atoms with Gasteiger partial charge in [-0.25, -0.2) is 8.42 Å². The van der Waals surface area contributed by atoms with Gasteiger partial charge in [-0.2, -0.15) is 0 Å². The van der Waals surface area contributed by atoms with Gasteiger partial charge in [0.15, 0.2) is 9.84 Å². The van der Waals surface area contributed by atoms with Crippen LogP contribution in [0.1, 0.15) is 18.4 Å². The van der Waals surface area contributed by atoms with Gasteiger partial charge < -0.3 is 5.32 Å². The van der Waals surface area contributed by atoms with E-state index in [1.165, 1.54) is 0 Å². The second-order valence-corrected chi connectivity index (χ2v) is 7.06. The predicted molar refractivity (Wildman–Crippen MR) is 70.0 cm³/mol. The molecule has 2 rings (SSSR count). The van der Waals surface area contributed by atoms with E-state index in [1.807, 2.05) is 24.3 Å². The highest BCUT2D eigenvalue weighted by molar-refractivity contribution is 7.91. The Bertz CT molecular complexity index is 487. The standard InChI is InChI=1S/C12H16ClNO2S/c13-12-6-2-1-4-10(12)8-14-11-5-3-7-17(15,16)9-11/h1-2,4,6,11,14H,3,5,7-9H2. The van der Waals surface area contributed by atoms with Crippen LogP contribution in [0.3, 0.4) is 0 Å². The molecule has 1 saturated heterocycles. The van der Waals surface area contributed by atoms with Gasteiger partial charge in [-0.1, -0.05) is 29.8 Å². The Hall–Kier alpha value is -0.580. The van der Waals surface area contributed by atoms with E-state index in [4.69, 9.17) is 11.6 Å². The minimum atomic E-state index is -2.84. The number of rotatable bonds is 3. The molecule has 1 aliphatic rings. The maximum Gasteiger partial charge on any atom is 0.151 e. The molecule has 0 saturated carbocycles. The molecule has 1 aromatic carbocycles. The highest BCUT2D eigenvalue weighted by Crippen LogP contribution is 2.16. The summed E-state index contributed by atoms with van der Waals surface area (Å²) in [5.74, 6) is 0.578. The second kappa shape index (κ2) is 5.38. The van der Waals surface area contributed by atoms with Gasteiger partial charge in [0.05, 0.1) is 11.5 Å². The molecule has 17 heavy (non-hydrogen) atoms. The van der Waals surface area contributed by atoms with Crippen LogP contribution in [0.4, 0.5) is 0 Å². The summed E-state index contributed by atoms with van der Waals surface area (Å²) < 4.78 is 22.9. The zero-order valence-electron chi connectivity index (χ0n) is 9.52. The summed E-state index contributed by atoms with van der Waals surface area (Å²) in [7, 11) is -2.84. The number of hydrogen-bond donors (Lipinski definition) is 1. The largest absolute Gasteiger partial charge is 0.309 e. The van der Waals surface area contributed by atoms with Gasteiger partial charge >= 0.3 is 0 Å². The van der Waals surface area contributed by atoms with Crippen LogP contribution in [0.15, 0.2) is 24.3 Å². The van der Waals surface area contributed by atoms with Crippen molar-refractivity contribution in [3.63, 3.8) is 0 Å². The van der Waals surface area contributed by atoms with Gasteiger partial charge in [-0.05, 0) is 24.5 Å². The first-order valence-corrected chi connectivity index (χ1v) is 7.94. The average molecular weight is 274 g/mol. The van der Waals surface area contributed by atoms with Crippen molar-refractivity contribution in [3.8, 4) is 0 Å². The van der Waals surface area contributed by atoms with Gasteiger partial charge in [-0.15, -0.1) is 0 Å². The van der Waals surface area contributed by atoms with Gasteiger partial charge in [0.25, 0.3) is 0 Å². The third-order valence-corrected chi connectivity index (χ3v) is 5.19. The zero-order valence-corrected chi connectivity index (χ0v) is 11.1. The van der Waals surface area contributed by atoms with E-state index in [0.717, 1.165) is 23.4 Å². The minimum Gasteiger partial charge on any atom is -0.309 e. The number of benzene rings is 1. The summed E-state index contributed by atoms with van der Waals surface area (Å²) in [6.07, 6.45) is 1.67. The Morgan fingerprint density at radius 3 is 2.82 bits per heavy atom. The van der Waals surface area contributed by atoms with E-state index >= 15 is 0 Å². The monoisotopic (exact) mass is 273 g/mol. The Balaban J connectivity index is 1.93. The van der Waals surface area contributed by atoms with Crippen molar-refractivity contribution in [2.45, 2.75) is 25.4 Å². The Labute approximate surface area is 107 Å². The number of sulfone groups is 1. The summed E-state index contributed by atoms with van der Waals surface area (Å²) in [5.41, 5.74) is 1.01. The van der Waals surface area contributed by atoms with Gasteiger partial charge in [0.1, 0.15) is 0 Å². The van der Waals surface area contributed by atoms with Crippen LogP contribution in [0.2, 0.25) is 5.02 Å². The number of hydrogen-bond acceptors (Lipinski definition) is 3. The summed E-state index contributed by atoms with van der Waals surface area (Å²) >= 11 is 6.04. The van der Waals surface area contributed by atoms with E-state index in [1.54, 1.807) is 0 Å². The molecule has 1 aliphatic heterocycles. The van der Waals surface area contributed by atoms with Crippen LogP contribution in [-0.4, -0.2) is 26.0 Å². The maximum atomic E-state index is 11.5. The quantitative estimate of drug-likeness (QED) is 0.916. The molecule has 0 bridgehead atoms. The maximum absolute atomic E-state index is 11.5. The van der Waals surface area contributed by atoms with E-state index in [9.17, 15) is 8.42 Å². The molecule has 5 heteroatoms. The fourth-order valence-electron chi connectivity index (χ4n) is 2.08. The molecule has 0 radical (unpaired) electrons. The lowest BCUT2D eigenvalue weighted by atomic mass is 10.1. The minimum absolute atomic E-state index is 0.0602. The van der Waals surface area contributed by atoms with Crippen molar-refractivity contribution < 1.29 is 8.42 Å². The van der Waals surface area contributed by atoms with Gasteiger partial charge in [0.2, 0.25) is 0 Å². The van der Waals surface area contributed by atoms with E-state index in [2.05, 4.69) is 5.32 Å². The van der Waals surface area contributed by atoms with Crippen LogP contribution < -0.4 is 5.32 Å². The molecule has 3 nitrogen and oxygen atoms in total. The van der Waals surface area contributed by atoms with E-state index in [-0.39, 0.29) is 11.8 Å². The molecule has 0 amide bonds. The Morgan fingerprint density at radius 2 is 2.12 bits per heavy atom. The smallest absolute Gasteiger partial charge is 0.151 e. The normalized spacial score (nSPS) is 23.5. The summed E-state index contributed by atoms with van der Waals surface area (Å²) in [6.45, 7) is 0.625. The molecule has 1 heterocycles. The fourth-order valence-corrected chi connectivity index (χ4v) is 3.95. The lowest BCUT2D eigenvalue weighted by Gasteiger charge is -2.23. The van der Waals surface area contributed by atoms with Crippen LogP contribution >= 0.6 is 11.6 Å². The Kier molecular flexibility index (Phi) is 4.07. The predicted octanol–water partition coefficient (Wildman–Crippen LogP) is 2.01. The highest BCUT2D eigenvalue weighted by Gasteiger charge is 2.24. The average Bonchev–Trinajstić information content (AvgIpc) is 2.27. The Morgan fingerprint density at radius 1 is 1.35 bits per heavy atom. The molecule has 1 unspecified atom stereocenters. The molecule has 94 valence electrons. The third kappa shape index (κ3) is 3.69. The zero-order chi connectivity index (χ0) is 12.3. The van der Waals surface area contributed by atoms with Crippen LogP contribution in [0.25, 0.3) is 0 Å². The first-order valence-electron chi connectivity index (χ1n) is 5.74. The molecular weight excluding hydrogens is 258 g/mol. The fraction of sp³-hybridized carbons (Fsp3) is 0.500. The first kappa shape index (κ1) is 12.9. The van der Waals surface area contributed by atoms with Crippen molar-refractivity contribution >= 4 is 21.4 Å². The lowest BCUT2D eigenvalue weighted by molar-refractivity contribution is 0.480. The second-order valence-electron chi connectivity index (χ2n) is 4.43. The van der Waals surface area contributed by atoms with Crippen molar-refractivity contribution in [1.29, 1.82) is 0 Å². The van der Waals surface area contributed by atoms with E-state index < -0.39 is 9.84 Å². The van der Waals surface area contributed by atoms with Crippen molar-refractivity contribution in [2.75, 3.05) is 11.5 Å². The molecule has 1 fully saturated rings. The topological polar surface area (TPSA) is 46.2 Å². The number of halogens is 1.